The van der Waals surface area contributed by atoms with Crippen LogP contribution in [0.25, 0.3) is 0 Å². The van der Waals surface area contributed by atoms with E-state index in [0.717, 1.165) is 16.9 Å². The van der Waals surface area contributed by atoms with E-state index in [1.807, 2.05) is 24.3 Å². The van der Waals surface area contributed by atoms with Crippen molar-refractivity contribution in [1.82, 2.24) is 10.0 Å². The number of halogens is 1. The zero-order chi connectivity index (χ0) is 26.2. The lowest BCUT2D eigenvalue weighted by atomic mass is 10.1. The van der Waals surface area contributed by atoms with Crippen molar-refractivity contribution in [2.45, 2.75) is 51.1 Å². The van der Waals surface area contributed by atoms with E-state index in [-0.39, 0.29) is 35.7 Å². The minimum atomic E-state index is -3.93. The summed E-state index contributed by atoms with van der Waals surface area (Å²) < 4.78 is 38.5. The molecular formula is C24H36ClN5O5S. The van der Waals surface area contributed by atoms with Crippen molar-refractivity contribution in [3.8, 4) is 11.5 Å². The second-order valence-corrected chi connectivity index (χ2v) is 9.78. The molecule has 2 aromatic rings. The van der Waals surface area contributed by atoms with E-state index in [0.29, 0.717) is 36.3 Å². The Bertz CT molecular complexity index is 1170. The van der Waals surface area contributed by atoms with Crippen molar-refractivity contribution in [2.24, 2.45) is 16.5 Å². The molecule has 10 nitrogen and oxygen atoms in total. The number of nitrogens with two attached hydrogens (primary N) is 2. The summed E-state index contributed by atoms with van der Waals surface area (Å²) in [7, 11) is -0.806. The maximum Gasteiger partial charge on any atom is 0.264 e. The van der Waals surface area contributed by atoms with Crippen LogP contribution in [0.4, 0.5) is 0 Å². The van der Waals surface area contributed by atoms with Gasteiger partial charge in [-0.05, 0) is 74.1 Å². The maximum absolute atomic E-state index is 12.9. The monoisotopic (exact) mass is 541 g/mol. The first-order valence-corrected chi connectivity index (χ1v) is 12.6. The van der Waals surface area contributed by atoms with E-state index in [1.165, 1.54) is 7.11 Å². The molecule has 0 saturated heterocycles. The molecule has 36 heavy (non-hydrogen) atoms. The standard InChI is InChI=1S/C24H35N5O5S.ClH/c1-15-13-21(34-5)16(2)17(3)22(15)35(31,32)29-24(26)27-12-6-7-20(25)23(30)28-14-18-8-10-19(33-4)11-9-18;/h8-11,13,20H,6-7,12,14,25H2,1-5H3,(H,28,30)(H3,26,27,29);1H. The number of aryl methyl sites for hydroxylation is 1. The van der Waals surface area contributed by atoms with Gasteiger partial charge in [-0.2, -0.15) is 0 Å². The van der Waals surface area contributed by atoms with Crippen LogP contribution < -0.4 is 31.0 Å². The van der Waals surface area contributed by atoms with Crippen LogP contribution in [0.3, 0.4) is 0 Å². The molecule has 1 amide bonds. The lowest BCUT2D eigenvalue weighted by Crippen LogP contribution is -2.40. The number of nitrogens with zero attached hydrogens (tertiary/aromatic N) is 1. The molecule has 0 bridgehead atoms. The SMILES string of the molecule is COc1ccc(CNC(=O)C(N)CCCN=C(N)NS(=O)(=O)c2c(C)cc(OC)c(C)c2C)cc1.Cl. The smallest absolute Gasteiger partial charge is 0.264 e. The molecule has 6 N–H and O–H groups in total. The van der Waals surface area contributed by atoms with Gasteiger partial charge in [0, 0.05) is 13.1 Å². The van der Waals surface area contributed by atoms with Crippen molar-refractivity contribution in [1.29, 1.82) is 0 Å². The molecular weight excluding hydrogens is 506 g/mol. The first kappa shape index (κ1) is 31.0. The molecule has 0 aromatic heterocycles. The molecule has 12 heteroatoms. The molecule has 0 spiro atoms. The number of hydrogen-bond donors (Lipinski definition) is 4. The molecule has 0 aliphatic rings. The Hall–Kier alpha value is -3.02. The zero-order valence-electron chi connectivity index (χ0n) is 21.3. The highest BCUT2D eigenvalue weighted by molar-refractivity contribution is 7.90. The number of sulfonamides is 1. The molecule has 0 fully saturated rings. The van der Waals surface area contributed by atoms with Gasteiger partial charge in [0.15, 0.2) is 0 Å². The summed E-state index contributed by atoms with van der Waals surface area (Å²) in [4.78, 5) is 16.4. The van der Waals surface area contributed by atoms with Gasteiger partial charge in [-0.15, -0.1) is 12.4 Å². The van der Waals surface area contributed by atoms with E-state index < -0.39 is 16.1 Å². The van der Waals surface area contributed by atoms with Crippen LogP contribution in [0.15, 0.2) is 40.2 Å². The highest BCUT2D eigenvalue weighted by atomic mass is 35.5. The molecule has 2 rings (SSSR count). The van der Waals surface area contributed by atoms with E-state index >= 15 is 0 Å². The summed E-state index contributed by atoms with van der Waals surface area (Å²) in [6.07, 6.45) is 0.827. The number of aliphatic imine (C=N–C) groups is 1. The summed E-state index contributed by atoms with van der Waals surface area (Å²) in [6.45, 7) is 5.77. The molecule has 2 aromatic carbocycles. The van der Waals surface area contributed by atoms with Crippen molar-refractivity contribution in [3.05, 3.63) is 52.6 Å². The third-order valence-electron chi connectivity index (χ3n) is 5.62. The quantitative estimate of drug-likeness (QED) is 0.192. The number of amides is 1. The van der Waals surface area contributed by atoms with Crippen LogP contribution in [0.1, 0.15) is 35.1 Å². The summed E-state index contributed by atoms with van der Waals surface area (Å²) >= 11 is 0. The van der Waals surface area contributed by atoms with E-state index in [2.05, 4.69) is 15.0 Å². The summed E-state index contributed by atoms with van der Waals surface area (Å²) in [6, 6.07) is 8.31. The molecule has 0 saturated carbocycles. The van der Waals surface area contributed by atoms with Crippen molar-refractivity contribution in [3.63, 3.8) is 0 Å². The fourth-order valence-corrected chi connectivity index (χ4v) is 5.05. The van der Waals surface area contributed by atoms with Crippen molar-refractivity contribution < 1.29 is 22.7 Å². The van der Waals surface area contributed by atoms with Gasteiger partial charge in [0.2, 0.25) is 11.9 Å². The highest BCUT2D eigenvalue weighted by Gasteiger charge is 2.23. The second kappa shape index (κ2) is 13.9. The van der Waals surface area contributed by atoms with Gasteiger partial charge in [0.1, 0.15) is 11.5 Å². The number of guanidine groups is 1. The topological polar surface area (TPSA) is 158 Å². The van der Waals surface area contributed by atoms with Crippen LogP contribution in [-0.2, 0) is 21.4 Å². The number of hydrogen-bond acceptors (Lipinski definition) is 7. The van der Waals surface area contributed by atoms with Gasteiger partial charge in [-0.25, -0.2) is 13.1 Å². The molecule has 0 aliphatic heterocycles. The van der Waals surface area contributed by atoms with E-state index in [9.17, 15) is 13.2 Å². The minimum absolute atomic E-state index is 0. The molecule has 0 aliphatic carbocycles. The van der Waals surface area contributed by atoms with Crippen molar-refractivity contribution >= 4 is 34.3 Å². The van der Waals surface area contributed by atoms with Gasteiger partial charge >= 0.3 is 0 Å². The van der Waals surface area contributed by atoms with Gasteiger partial charge in [0.05, 0.1) is 25.2 Å². The average Bonchev–Trinajstić information content (AvgIpc) is 2.82. The third kappa shape index (κ3) is 8.28. The zero-order valence-corrected chi connectivity index (χ0v) is 22.9. The molecule has 1 unspecified atom stereocenters. The van der Waals surface area contributed by atoms with E-state index in [4.69, 9.17) is 20.9 Å². The molecule has 1 atom stereocenters. The minimum Gasteiger partial charge on any atom is -0.497 e. The molecule has 200 valence electrons. The van der Waals surface area contributed by atoms with Crippen LogP contribution in [-0.4, -0.2) is 47.1 Å². The lowest BCUT2D eigenvalue weighted by Gasteiger charge is -2.17. The number of carbonyl (C=O) groups is 1. The van der Waals surface area contributed by atoms with Crippen LogP contribution in [0.2, 0.25) is 0 Å². The number of nitrogens with one attached hydrogen (secondary N) is 2. The highest BCUT2D eigenvalue weighted by Crippen LogP contribution is 2.30. The number of benzene rings is 2. The van der Waals surface area contributed by atoms with E-state index in [1.54, 1.807) is 33.9 Å². The van der Waals surface area contributed by atoms with Crippen LogP contribution >= 0.6 is 12.4 Å². The molecule has 0 radical (unpaired) electrons. The molecule has 0 heterocycles. The average molecular weight is 542 g/mol. The Kier molecular flexibility index (Phi) is 12.0. The number of ether oxygens (including phenoxy) is 2. The number of methoxy groups -OCH3 is 2. The fourth-order valence-electron chi connectivity index (χ4n) is 3.57. The first-order valence-electron chi connectivity index (χ1n) is 11.1. The summed E-state index contributed by atoms with van der Waals surface area (Å²) in [5.41, 5.74) is 14.5. The Morgan fingerprint density at radius 2 is 1.72 bits per heavy atom. The van der Waals surface area contributed by atoms with Crippen LogP contribution in [0.5, 0.6) is 11.5 Å². The third-order valence-corrected chi connectivity index (χ3v) is 7.27. The summed E-state index contributed by atoms with van der Waals surface area (Å²) in [5.74, 6) is 0.849. The van der Waals surface area contributed by atoms with Crippen LogP contribution in [0, 0.1) is 20.8 Å². The Morgan fingerprint density at radius 3 is 2.31 bits per heavy atom. The lowest BCUT2D eigenvalue weighted by molar-refractivity contribution is -0.122. The van der Waals surface area contributed by atoms with Gasteiger partial charge < -0.3 is 26.3 Å². The fraction of sp³-hybridized carbons (Fsp3) is 0.417. The normalized spacial score (nSPS) is 12.3. The predicted octanol–water partition coefficient (Wildman–Crippen LogP) is 2.07. The Morgan fingerprint density at radius 1 is 1.08 bits per heavy atom. The van der Waals surface area contributed by atoms with Gasteiger partial charge in [-0.1, -0.05) is 12.1 Å². The summed E-state index contributed by atoms with van der Waals surface area (Å²) in [5, 5.41) is 2.79. The van der Waals surface area contributed by atoms with Gasteiger partial charge in [0.25, 0.3) is 10.0 Å². The second-order valence-electron chi connectivity index (χ2n) is 8.16. The largest absolute Gasteiger partial charge is 0.497 e. The van der Waals surface area contributed by atoms with Gasteiger partial charge in [-0.3, -0.25) is 9.79 Å². The number of carbonyl (C=O) groups excluding carboxylic acids is 1. The first-order chi connectivity index (χ1) is 16.5. The predicted molar refractivity (Wildman–Crippen MR) is 143 cm³/mol. The number of rotatable bonds is 11. The Labute approximate surface area is 219 Å². The van der Waals surface area contributed by atoms with Crippen molar-refractivity contribution in [2.75, 3.05) is 20.8 Å². The maximum atomic E-state index is 12.9. The Balaban J connectivity index is 0.00000648.